The van der Waals surface area contributed by atoms with Crippen molar-refractivity contribution in [2.24, 2.45) is 0 Å². The number of ether oxygens (including phenoxy) is 2. The number of aromatic nitrogens is 1. The first kappa shape index (κ1) is 20.8. The highest BCUT2D eigenvalue weighted by molar-refractivity contribution is 7.13. The molecule has 0 amide bonds. The highest BCUT2D eigenvalue weighted by Crippen LogP contribution is 2.43. The van der Waals surface area contributed by atoms with Crippen LogP contribution < -0.4 is 5.32 Å². The van der Waals surface area contributed by atoms with Gasteiger partial charge in [0.25, 0.3) is 0 Å². The highest BCUT2D eigenvalue weighted by Gasteiger charge is 2.39. The van der Waals surface area contributed by atoms with E-state index >= 15 is 0 Å². The van der Waals surface area contributed by atoms with Crippen LogP contribution in [-0.4, -0.2) is 30.1 Å². The predicted molar refractivity (Wildman–Crippen MR) is 112 cm³/mol. The molecular weight excluding hydrogens is 388 g/mol. The Morgan fingerprint density at radius 2 is 1.62 bits per heavy atom. The Kier molecular flexibility index (Phi) is 6.49. The molecule has 3 rings (SSSR count). The van der Waals surface area contributed by atoms with Gasteiger partial charge in [0.1, 0.15) is 5.01 Å². The summed E-state index contributed by atoms with van der Waals surface area (Å²) in [5.41, 5.74) is 3.82. The Morgan fingerprint density at radius 3 is 2.14 bits per heavy atom. The largest absolute Gasteiger partial charge is 0.463 e. The molecule has 0 saturated heterocycles. The number of nitrogens with zero attached hydrogens (tertiary/aromatic N) is 1. The molecule has 2 heterocycles. The summed E-state index contributed by atoms with van der Waals surface area (Å²) in [5.74, 6) is -1.52. The maximum Gasteiger partial charge on any atom is 0.336 e. The van der Waals surface area contributed by atoms with Crippen molar-refractivity contribution in [2.45, 2.75) is 33.6 Å². The molecule has 1 aliphatic rings. The highest BCUT2D eigenvalue weighted by atomic mass is 32.1. The summed E-state index contributed by atoms with van der Waals surface area (Å²) in [6, 6.07) is 7.69. The zero-order valence-electron chi connectivity index (χ0n) is 16.9. The summed E-state index contributed by atoms with van der Waals surface area (Å²) in [4.78, 5) is 30.3. The maximum atomic E-state index is 12.9. The van der Waals surface area contributed by atoms with Crippen molar-refractivity contribution in [2.75, 3.05) is 13.2 Å². The molecule has 0 fully saturated rings. The van der Waals surface area contributed by atoms with E-state index in [2.05, 4.69) is 10.3 Å². The molecule has 1 aliphatic heterocycles. The van der Waals surface area contributed by atoms with E-state index in [1.807, 2.05) is 43.5 Å². The fourth-order valence-corrected chi connectivity index (χ4v) is 4.25. The van der Waals surface area contributed by atoms with Crippen LogP contribution in [0.4, 0.5) is 0 Å². The standard InChI is InChI=1S/C22H24N2O4S/c1-5-27-21(25)17-13(3)24-14(4)18(22(26)28-6-2)19(17)15-9-7-8-10-16(15)20-23-11-12-29-20/h7-12,19,24H,5-6H2,1-4H3. The molecule has 0 atom stereocenters. The summed E-state index contributed by atoms with van der Waals surface area (Å²) < 4.78 is 10.7. The van der Waals surface area contributed by atoms with E-state index in [-0.39, 0.29) is 13.2 Å². The van der Waals surface area contributed by atoms with Gasteiger partial charge in [0.05, 0.1) is 30.3 Å². The van der Waals surface area contributed by atoms with Gasteiger partial charge in [-0.15, -0.1) is 11.3 Å². The van der Waals surface area contributed by atoms with Crippen molar-refractivity contribution in [3.05, 3.63) is 63.9 Å². The minimum Gasteiger partial charge on any atom is -0.463 e. The summed E-state index contributed by atoms with van der Waals surface area (Å²) in [6.45, 7) is 7.64. The van der Waals surface area contributed by atoms with Crippen molar-refractivity contribution < 1.29 is 19.1 Å². The van der Waals surface area contributed by atoms with Gasteiger partial charge < -0.3 is 14.8 Å². The van der Waals surface area contributed by atoms with Crippen molar-refractivity contribution in [3.8, 4) is 10.6 Å². The lowest BCUT2D eigenvalue weighted by Gasteiger charge is -2.31. The molecule has 0 aliphatic carbocycles. The van der Waals surface area contributed by atoms with Crippen LogP contribution >= 0.6 is 11.3 Å². The van der Waals surface area contributed by atoms with Crippen LogP contribution in [0.15, 0.2) is 58.4 Å². The third kappa shape index (κ3) is 4.10. The summed E-state index contributed by atoms with van der Waals surface area (Å²) in [6.07, 6.45) is 1.74. The Balaban J connectivity index is 2.25. The van der Waals surface area contributed by atoms with Crippen molar-refractivity contribution in [1.82, 2.24) is 10.3 Å². The van der Waals surface area contributed by atoms with Crippen molar-refractivity contribution in [1.29, 1.82) is 0 Å². The number of rotatable bonds is 6. The van der Waals surface area contributed by atoms with E-state index in [0.29, 0.717) is 22.5 Å². The number of nitrogens with one attached hydrogen (secondary N) is 1. The van der Waals surface area contributed by atoms with Crippen molar-refractivity contribution >= 4 is 23.3 Å². The van der Waals surface area contributed by atoms with Gasteiger partial charge in [-0.2, -0.15) is 0 Å². The molecule has 6 nitrogen and oxygen atoms in total. The van der Waals surface area contributed by atoms with E-state index in [9.17, 15) is 9.59 Å². The molecule has 7 heteroatoms. The van der Waals surface area contributed by atoms with E-state index in [4.69, 9.17) is 9.47 Å². The van der Waals surface area contributed by atoms with Gasteiger partial charge in [0, 0.05) is 28.5 Å². The Morgan fingerprint density at radius 1 is 1.03 bits per heavy atom. The van der Waals surface area contributed by atoms with Gasteiger partial charge in [-0.1, -0.05) is 24.3 Å². The third-order valence-electron chi connectivity index (χ3n) is 4.69. The first-order valence-electron chi connectivity index (χ1n) is 9.51. The monoisotopic (exact) mass is 412 g/mol. The molecule has 0 saturated carbocycles. The number of dihydropyridines is 1. The van der Waals surface area contributed by atoms with Crippen LogP contribution in [-0.2, 0) is 19.1 Å². The molecule has 0 unspecified atom stereocenters. The number of carbonyl (C=O) groups excluding carboxylic acids is 2. The van der Waals surface area contributed by atoms with Crippen LogP contribution in [0.25, 0.3) is 10.6 Å². The zero-order valence-corrected chi connectivity index (χ0v) is 17.8. The normalized spacial score (nSPS) is 14.6. The van der Waals surface area contributed by atoms with Crippen LogP contribution in [0.5, 0.6) is 0 Å². The Labute approximate surface area is 174 Å². The smallest absolute Gasteiger partial charge is 0.336 e. The van der Waals surface area contributed by atoms with Crippen LogP contribution in [0, 0.1) is 0 Å². The first-order valence-corrected chi connectivity index (χ1v) is 10.4. The fourth-order valence-electron chi connectivity index (χ4n) is 3.56. The summed E-state index contributed by atoms with van der Waals surface area (Å²) in [7, 11) is 0. The summed E-state index contributed by atoms with van der Waals surface area (Å²) >= 11 is 1.50. The van der Waals surface area contributed by atoms with Crippen LogP contribution in [0.1, 0.15) is 39.2 Å². The van der Waals surface area contributed by atoms with Crippen LogP contribution in [0.3, 0.4) is 0 Å². The molecule has 1 aromatic heterocycles. The molecule has 29 heavy (non-hydrogen) atoms. The molecule has 0 bridgehead atoms. The lowest BCUT2D eigenvalue weighted by atomic mass is 9.78. The number of hydrogen-bond acceptors (Lipinski definition) is 7. The third-order valence-corrected chi connectivity index (χ3v) is 5.49. The maximum absolute atomic E-state index is 12.9. The topological polar surface area (TPSA) is 77.5 Å². The second-order valence-corrected chi connectivity index (χ2v) is 7.40. The lowest BCUT2D eigenvalue weighted by molar-refractivity contribution is -0.139. The minimum absolute atomic E-state index is 0.244. The molecule has 152 valence electrons. The molecule has 2 aromatic rings. The SMILES string of the molecule is CCOC(=O)C1=C(C)NC(C)=C(C(=O)OCC)C1c1ccccc1-c1nccs1. The number of hydrogen-bond donors (Lipinski definition) is 1. The second-order valence-electron chi connectivity index (χ2n) is 6.50. The molecule has 1 aromatic carbocycles. The van der Waals surface area contributed by atoms with Gasteiger partial charge in [-0.25, -0.2) is 14.6 Å². The quantitative estimate of drug-likeness (QED) is 0.718. The van der Waals surface area contributed by atoms with E-state index in [0.717, 1.165) is 16.1 Å². The van der Waals surface area contributed by atoms with Gasteiger partial charge in [0.15, 0.2) is 0 Å². The van der Waals surface area contributed by atoms with Gasteiger partial charge in [-0.05, 0) is 33.3 Å². The zero-order chi connectivity index (χ0) is 21.0. The molecule has 0 radical (unpaired) electrons. The van der Waals surface area contributed by atoms with Gasteiger partial charge in [-0.3, -0.25) is 0 Å². The number of esters is 2. The molecule has 0 spiro atoms. The number of carbonyl (C=O) groups is 2. The number of allylic oxidation sites excluding steroid dienone is 2. The van der Waals surface area contributed by atoms with E-state index < -0.39 is 17.9 Å². The lowest BCUT2D eigenvalue weighted by Crippen LogP contribution is -2.32. The average Bonchev–Trinajstić information content (AvgIpc) is 3.22. The van der Waals surface area contributed by atoms with Gasteiger partial charge in [0.2, 0.25) is 0 Å². The van der Waals surface area contributed by atoms with Crippen LogP contribution in [0.2, 0.25) is 0 Å². The second kappa shape index (κ2) is 9.05. The fraction of sp³-hybridized carbons (Fsp3) is 0.318. The average molecular weight is 413 g/mol. The minimum atomic E-state index is -0.616. The van der Waals surface area contributed by atoms with E-state index in [1.165, 1.54) is 11.3 Å². The number of benzene rings is 1. The molecular formula is C22H24N2O4S. The Hall–Kier alpha value is -2.93. The predicted octanol–water partition coefficient (Wildman–Crippen LogP) is 4.17. The summed E-state index contributed by atoms with van der Waals surface area (Å²) in [5, 5.41) is 5.87. The molecule has 1 N–H and O–H groups in total. The van der Waals surface area contributed by atoms with Gasteiger partial charge >= 0.3 is 11.9 Å². The Bertz CT molecular complexity index is 936. The first-order chi connectivity index (χ1) is 14.0. The number of thiazole rings is 1. The van der Waals surface area contributed by atoms with E-state index in [1.54, 1.807) is 20.0 Å². The van der Waals surface area contributed by atoms with Crippen molar-refractivity contribution in [3.63, 3.8) is 0 Å².